The molecule has 0 heterocycles. The van der Waals surface area contributed by atoms with Crippen molar-refractivity contribution < 1.29 is 5.11 Å². The Labute approximate surface area is 121 Å². The minimum Gasteiger partial charge on any atom is -0.386 e. The van der Waals surface area contributed by atoms with Gasteiger partial charge in [0.05, 0.1) is 5.60 Å². The summed E-state index contributed by atoms with van der Waals surface area (Å²) in [5.74, 6) is 0. The van der Waals surface area contributed by atoms with E-state index < -0.39 is 5.60 Å². The van der Waals surface area contributed by atoms with Crippen molar-refractivity contribution >= 4 is 27.5 Å². The highest BCUT2D eigenvalue weighted by Gasteiger charge is 2.23. The van der Waals surface area contributed by atoms with Crippen molar-refractivity contribution in [3.63, 3.8) is 0 Å². The van der Waals surface area contributed by atoms with Gasteiger partial charge in [0, 0.05) is 15.1 Å². The number of aliphatic hydroxyl groups is 1. The first kappa shape index (κ1) is 13.6. The topological polar surface area (TPSA) is 20.2 Å². The lowest BCUT2D eigenvalue weighted by Gasteiger charge is -2.23. The maximum atomic E-state index is 10.3. The first-order valence-corrected chi connectivity index (χ1v) is 6.84. The van der Waals surface area contributed by atoms with Gasteiger partial charge in [-0.15, -0.1) is 0 Å². The predicted molar refractivity (Wildman–Crippen MR) is 79.8 cm³/mol. The average molecular weight is 326 g/mol. The van der Waals surface area contributed by atoms with Crippen molar-refractivity contribution in [3.8, 4) is 11.1 Å². The fourth-order valence-electron chi connectivity index (χ4n) is 2.04. The molecule has 2 rings (SSSR count). The molecule has 2 aromatic rings. The SMILES string of the molecule is CC(C)(O)c1c(Cl)cccc1-c1cccc(Br)c1. The van der Waals surface area contributed by atoms with Gasteiger partial charge < -0.3 is 5.11 Å². The Hall–Kier alpha value is -0.830. The van der Waals surface area contributed by atoms with Crippen LogP contribution in [-0.2, 0) is 5.60 Å². The summed E-state index contributed by atoms with van der Waals surface area (Å²) >= 11 is 9.69. The molecule has 2 aromatic carbocycles. The van der Waals surface area contributed by atoms with Crippen molar-refractivity contribution in [3.05, 3.63) is 57.5 Å². The van der Waals surface area contributed by atoms with Crippen LogP contribution in [0.5, 0.6) is 0 Å². The Bertz CT molecular complexity index is 573. The highest BCUT2D eigenvalue weighted by Crippen LogP contribution is 2.37. The number of benzene rings is 2. The summed E-state index contributed by atoms with van der Waals surface area (Å²) in [6.45, 7) is 3.49. The van der Waals surface area contributed by atoms with E-state index >= 15 is 0 Å². The van der Waals surface area contributed by atoms with E-state index in [2.05, 4.69) is 15.9 Å². The smallest absolute Gasteiger partial charge is 0.0860 e. The number of hydrogen-bond donors (Lipinski definition) is 1. The molecule has 0 saturated carbocycles. The summed E-state index contributed by atoms with van der Waals surface area (Å²) < 4.78 is 1.00. The molecule has 0 unspecified atom stereocenters. The van der Waals surface area contributed by atoms with Crippen LogP contribution in [0, 0.1) is 0 Å². The molecular weight excluding hydrogens is 312 g/mol. The predicted octanol–water partition coefficient (Wildman–Crippen LogP) is 5.00. The summed E-state index contributed by atoms with van der Waals surface area (Å²) in [4.78, 5) is 0. The van der Waals surface area contributed by atoms with Crippen LogP contribution >= 0.6 is 27.5 Å². The zero-order chi connectivity index (χ0) is 13.3. The van der Waals surface area contributed by atoms with E-state index in [1.807, 2.05) is 36.4 Å². The molecule has 1 N–H and O–H groups in total. The maximum Gasteiger partial charge on any atom is 0.0860 e. The molecule has 18 heavy (non-hydrogen) atoms. The first-order chi connectivity index (χ1) is 8.39. The lowest BCUT2D eigenvalue weighted by atomic mass is 9.89. The fraction of sp³-hybridized carbons (Fsp3) is 0.200. The molecule has 0 fully saturated rings. The molecule has 0 spiro atoms. The lowest BCUT2D eigenvalue weighted by Crippen LogP contribution is -2.17. The van der Waals surface area contributed by atoms with Crippen LogP contribution in [0.3, 0.4) is 0 Å². The quantitative estimate of drug-likeness (QED) is 0.824. The summed E-state index contributed by atoms with van der Waals surface area (Å²) in [7, 11) is 0. The zero-order valence-corrected chi connectivity index (χ0v) is 12.6. The number of halogens is 2. The van der Waals surface area contributed by atoms with Gasteiger partial charge in [-0.1, -0.05) is 51.8 Å². The molecule has 0 atom stereocenters. The van der Waals surface area contributed by atoms with Gasteiger partial charge in [-0.05, 0) is 43.2 Å². The average Bonchev–Trinajstić information content (AvgIpc) is 2.27. The number of rotatable bonds is 2. The van der Waals surface area contributed by atoms with E-state index in [1.54, 1.807) is 19.9 Å². The second kappa shape index (κ2) is 5.04. The molecule has 0 aliphatic heterocycles. The van der Waals surface area contributed by atoms with Crippen molar-refractivity contribution in [2.75, 3.05) is 0 Å². The van der Waals surface area contributed by atoms with E-state index in [-0.39, 0.29) is 0 Å². The second-order valence-corrected chi connectivity index (χ2v) is 6.05. The summed E-state index contributed by atoms with van der Waals surface area (Å²) in [5, 5.41) is 10.9. The van der Waals surface area contributed by atoms with Gasteiger partial charge in [0.2, 0.25) is 0 Å². The largest absolute Gasteiger partial charge is 0.386 e. The third-order valence-electron chi connectivity index (χ3n) is 2.76. The third kappa shape index (κ3) is 2.77. The molecule has 1 nitrogen and oxygen atoms in total. The Kier molecular flexibility index (Phi) is 3.81. The summed E-state index contributed by atoms with van der Waals surface area (Å²) in [6, 6.07) is 13.6. The van der Waals surface area contributed by atoms with Gasteiger partial charge in [0.15, 0.2) is 0 Å². The van der Waals surface area contributed by atoms with Crippen LogP contribution in [0.25, 0.3) is 11.1 Å². The molecule has 94 valence electrons. The standard InChI is InChI=1S/C15H14BrClO/c1-15(2,18)14-12(7-4-8-13(14)17)10-5-3-6-11(16)9-10/h3-9,18H,1-2H3. The fourth-order valence-corrected chi connectivity index (χ4v) is 2.85. The van der Waals surface area contributed by atoms with E-state index in [1.165, 1.54) is 0 Å². The first-order valence-electron chi connectivity index (χ1n) is 5.67. The molecule has 0 bridgehead atoms. The van der Waals surface area contributed by atoms with Crippen LogP contribution in [0.1, 0.15) is 19.4 Å². The van der Waals surface area contributed by atoms with Crippen molar-refractivity contribution in [2.45, 2.75) is 19.4 Å². The van der Waals surface area contributed by atoms with Gasteiger partial charge in [-0.2, -0.15) is 0 Å². The van der Waals surface area contributed by atoms with Crippen molar-refractivity contribution in [2.24, 2.45) is 0 Å². The van der Waals surface area contributed by atoms with Crippen LogP contribution in [0.2, 0.25) is 5.02 Å². The van der Waals surface area contributed by atoms with Crippen LogP contribution in [0.4, 0.5) is 0 Å². The van der Waals surface area contributed by atoms with Gasteiger partial charge in [-0.3, -0.25) is 0 Å². The highest BCUT2D eigenvalue weighted by atomic mass is 79.9. The summed E-state index contributed by atoms with van der Waals surface area (Å²) in [5.41, 5.74) is 1.76. The minimum absolute atomic E-state index is 0.583. The Balaban J connectivity index is 2.69. The normalized spacial score (nSPS) is 11.6. The molecular formula is C15H14BrClO. The molecule has 0 aliphatic rings. The Morgan fingerprint density at radius 3 is 2.39 bits per heavy atom. The Morgan fingerprint density at radius 1 is 1.11 bits per heavy atom. The minimum atomic E-state index is -0.976. The van der Waals surface area contributed by atoms with E-state index in [0.29, 0.717) is 5.02 Å². The van der Waals surface area contributed by atoms with Crippen molar-refractivity contribution in [1.82, 2.24) is 0 Å². The van der Waals surface area contributed by atoms with E-state index in [9.17, 15) is 5.11 Å². The van der Waals surface area contributed by atoms with Gasteiger partial charge in [-0.25, -0.2) is 0 Å². The van der Waals surface area contributed by atoms with Crippen LogP contribution in [0.15, 0.2) is 46.9 Å². The highest BCUT2D eigenvalue weighted by molar-refractivity contribution is 9.10. The molecule has 0 radical (unpaired) electrons. The second-order valence-electron chi connectivity index (χ2n) is 4.73. The van der Waals surface area contributed by atoms with E-state index in [4.69, 9.17) is 11.6 Å². The van der Waals surface area contributed by atoms with Gasteiger partial charge in [0.1, 0.15) is 0 Å². The number of hydrogen-bond acceptors (Lipinski definition) is 1. The van der Waals surface area contributed by atoms with Gasteiger partial charge in [0.25, 0.3) is 0 Å². The lowest BCUT2D eigenvalue weighted by molar-refractivity contribution is 0.0793. The van der Waals surface area contributed by atoms with Gasteiger partial charge >= 0.3 is 0 Å². The maximum absolute atomic E-state index is 10.3. The molecule has 0 amide bonds. The molecule has 3 heteroatoms. The summed E-state index contributed by atoms with van der Waals surface area (Å²) in [6.07, 6.45) is 0. The molecule has 0 aliphatic carbocycles. The van der Waals surface area contributed by atoms with Crippen LogP contribution < -0.4 is 0 Å². The monoisotopic (exact) mass is 324 g/mol. The molecule has 0 saturated heterocycles. The molecule has 0 aromatic heterocycles. The van der Waals surface area contributed by atoms with Crippen LogP contribution in [-0.4, -0.2) is 5.11 Å². The van der Waals surface area contributed by atoms with E-state index in [0.717, 1.165) is 21.2 Å². The Morgan fingerprint density at radius 2 is 1.78 bits per heavy atom. The zero-order valence-electron chi connectivity index (χ0n) is 10.2. The van der Waals surface area contributed by atoms with Crippen molar-refractivity contribution in [1.29, 1.82) is 0 Å². The third-order valence-corrected chi connectivity index (χ3v) is 3.57.